The Hall–Kier alpha value is -5.86. The minimum atomic E-state index is 0.885. The van der Waals surface area contributed by atoms with E-state index in [4.69, 9.17) is 8.83 Å². The predicted octanol–water partition coefficient (Wildman–Crippen LogP) is 12.3. The maximum Gasteiger partial charge on any atom is 0.143 e. The van der Waals surface area contributed by atoms with Crippen molar-refractivity contribution < 1.29 is 8.83 Å². The maximum atomic E-state index is 6.59. The third-order valence-electron chi connectivity index (χ3n) is 9.26. The fourth-order valence-corrected chi connectivity index (χ4v) is 7.33. The van der Waals surface area contributed by atoms with Crippen LogP contribution in [0.1, 0.15) is 0 Å². The van der Waals surface area contributed by atoms with Crippen LogP contribution in [-0.4, -0.2) is 0 Å². The van der Waals surface area contributed by atoms with Crippen LogP contribution in [0.5, 0.6) is 0 Å². The van der Waals surface area contributed by atoms with E-state index in [1.54, 1.807) is 0 Å². The summed E-state index contributed by atoms with van der Waals surface area (Å²) in [6, 6.07) is 51.9. The van der Waals surface area contributed by atoms with Gasteiger partial charge in [-0.1, -0.05) is 103 Å². The Kier molecular flexibility index (Phi) is 4.75. The van der Waals surface area contributed by atoms with Gasteiger partial charge in [0.2, 0.25) is 0 Å². The highest BCUT2D eigenvalue weighted by atomic mass is 16.3. The van der Waals surface area contributed by atoms with Crippen molar-refractivity contribution in [2.24, 2.45) is 0 Å². The van der Waals surface area contributed by atoms with Gasteiger partial charge in [0, 0.05) is 32.3 Å². The van der Waals surface area contributed by atoms with E-state index in [1.807, 2.05) is 12.1 Å². The number of benzene rings is 8. The Labute approximate surface area is 252 Å². The Morgan fingerprint density at radius 2 is 0.705 bits per heavy atom. The van der Waals surface area contributed by atoms with E-state index >= 15 is 0 Å². The second-order valence-corrected chi connectivity index (χ2v) is 11.6. The molecule has 0 saturated heterocycles. The first-order chi connectivity index (χ1) is 21.8. The summed E-state index contributed by atoms with van der Waals surface area (Å²) in [4.78, 5) is 0. The van der Waals surface area contributed by atoms with Gasteiger partial charge >= 0.3 is 0 Å². The van der Waals surface area contributed by atoms with Crippen LogP contribution in [0.3, 0.4) is 0 Å². The molecule has 0 bridgehead atoms. The molecule has 0 spiro atoms. The quantitative estimate of drug-likeness (QED) is 0.197. The Morgan fingerprint density at radius 3 is 1.30 bits per heavy atom. The average molecular weight is 561 g/mol. The minimum absolute atomic E-state index is 0.885. The molecule has 0 saturated carbocycles. The minimum Gasteiger partial charge on any atom is -0.455 e. The zero-order valence-electron chi connectivity index (χ0n) is 23.7. The highest BCUT2D eigenvalue weighted by Gasteiger charge is 2.19. The van der Waals surface area contributed by atoms with Crippen molar-refractivity contribution in [1.29, 1.82) is 0 Å². The van der Waals surface area contributed by atoms with Gasteiger partial charge in [-0.15, -0.1) is 0 Å². The number of fused-ring (bicyclic) bond motifs is 11. The first-order valence-corrected chi connectivity index (χ1v) is 15.0. The standard InChI is InChI=1S/C42H24O2/c1-2-10-25(11-3-1)39-28-13-4-6-15-30(28)40(31-16-7-5-14-29(31)39)26-18-23-38-36(24-26)35-22-21-33-34(42(35)44-38)20-19-32-27-12-8-9-17-37(27)43-41(32)33/h1-24H. The molecule has 0 N–H and O–H groups in total. The van der Waals surface area contributed by atoms with Crippen molar-refractivity contribution in [3.05, 3.63) is 146 Å². The van der Waals surface area contributed by atoms with Crippen LogP contribution in [0.15, 0.2) is 154 Å². The molecule has 0 atom stereocenters. The maximum absolute atomic E-state index is 6.59. The van der Waals surface area contributed by atoms with Crippen LogP contribution >= 0.6 is 0 Å². The van der Waals surface area contributed by atoms with E-state index < -0.39 is 0 Å². The van der Waals surface area contributed by atoms with Gasteiger partial charge in [-0.3, -0.25) is 0 Å². The normalized spacial score (nSPS) is 12.1. The number of hydrogen-bond acceptors (Lipinski definition) is 2. The molecule has 0 aliphatic carbocycles. The SMILES string of the molecule is c1ccc(-c2c3ccccc3c(-c3ccc4oc5c(ccc6c5ccc5c7ccccc7oc56)c4c3)c3ccccc23)cc1. The summed E-state index contributed by atoms with van der Waals surface area (Å²) in [5, 5.41) is 11.6. The van der Waals surface area contributed by atoms with Crippen LogP contribution < -0.4 is 0 Å². The molecule has 204 valence electrons. The van der Waals surface area contributed by atoms with Crippen LogP contribution in [-0.2, 0) is 0 Å². The molecule has 0 amide bonds. The van der Waals surface area contributed by atoms with Gasteiger partial charge in [0.05, 0.1) is 0 Å². The van der Waals surface area contributed by atoms with Crippen LogP contribution in [0.25, 0.3) is 98.4 Å². The molecule has 0 aliphatic rings. The first-order valence-electron chi connectivity index (χ1n) is 15.0. The van der Waals surface area contributed by atoms with Gasteiger partial charge in [-0.25, -0.2) is 0 Å². The molecule has 2 aromatic heterocycles. The van der Waals surface area contributed by atoms with Crippen molar-refractivity contribution in [3.8, 4) is 22.3 Å². The summed E-state index contributed by atoms with van der Waals surface area (Å²) < 4.78 is 12.9. The second kappa shape index (κ2) is 8.82. The highest BCUT2D eigenvalue weighted by Crippen LogP contribution is 2.45. The average Bonchev–Trinajstić information content (AvgIpc) is 3.66. The molecule has 10 aromatic rings. The molecule has 2 heteroatoms. The molecular formula is C42H24O2. The van der Waals surface area contributed by atoms with E-state index in [1.165, 1.54) is 43.8 Å². The molecule has 0 radical (unpaired) electrons. The Balaban J connectivity index is 1.26. The van der Waals surface area contributed by atoms with Crippen molar-refractivity contribution >= 4 is 76.2 Å². The van der Waals surface area contributed by atoms with Crippen LogP contribution in [0.4, 0.5) is 0 Å². The molecule has 2 heterocycles. The number of furan rings is 2. The molecule has 0 aliphatic heterocycles. The topological polar surface area (TPSA) is 26.3 Å². The monoisotopic (exact) mass is 560 g/mol. The lowest BCUT2D eigenvalue weighted by molar-refractivity contribution is 0.669. The van der Waals surface area contributed by atoms with Gasteiger partial charge in [0.25, 0.3) is 0 Å². The zero-order valence-corrected chi connectivity index (χ0v) is 23.7. The number of para-hydroxylation sites is 1. The smallest absolute Gasteiger partial charge is 0.143 e. The Morgan fingerprint density at radius 1 is 0.273 bits per heavy atom. The van der Waals surface area contributed by atoms with Gasteiger partial charge < -0.3 is 8.83 Å². The number of rotatable bonds is 2. The second-order valence-electron chi connectivity index (χ2n) is 11.6. The van der Waals surface area contributed by atoms with Gasteiger partial charge in [0.1, 0.15) is 22.3 Å². The molecule has 10 rings (SSSR count). The predicted molar refractivity (Wildman–Crippen MR) is 184 cm³/mol. The van der Waals surface area contributed by atoms with Crippen molar-refractivity contribution in [2.45, 2.75) is 0 Å². The van der Waals surface area contributed by atoms with Crippen LogP contribution in [0.2, 0.25) is 0 Å². The summed E-state index contributed by atoms with van der Waals surface area (Å²) in [5.41, 5.74) is 8.52. The van der Waals surface area contributed by atoms with Crippen molar-refractivity contribution in [3.63, 3.8) is 0 Å². The highest BCUT2D eigenvalue weighted by molar-refractivity contribution is 6.24. The molecule has 0 unspecified atom stereocenters. The largest absolute Gasteiger partial charge is 0.455 e. The van der Waals surface area contributed by atoms with E-state index in [0.29, 0.717) is 0 Å². The van der Waals surface area contributed by atoms with Gasteiger partial charge in [-0.05, 0) is 86.3 Å². The summed E-state index contributed by atoms with van der Waals surface area (Å²) in [5.74, 6) is 0. The van der Waals surface area contributed by atoms with Crippen molar-refractivity contribution in [1.82, 2.24) is 0 Å². The fraction of sp³-hybridized carbons (Fsp3) is 0. The van der Waals surface area contributed by atoms with E-state index in [-0.39, 0.29) is 0 Å². The van der Waals surface area contributed by atoms with Gasteiger partial charge in [-0.2, -0.15) is 0 Å². The molecule has 44 heavy (non-hydrogen) atoms. The van der Waals surface area contributed by atoms with Gasteiger partial charge in [0.15, 0.2) is 0 Å². The summed E-state index contributed by atoms with van der Waals surface area (Å²) >= 11 is 0. The lowest BCUT2D eigenvalue weighted by atomic mass is 9.86. The third-order valence-corrected chi connectivity index (χ3v) is 9.26. The van der Waals surface area contributed by atoms with E-state index in [0.717, 1.165) is 54.6 Å². The lowest BCUT2D eigenvalue weighted by Crippen LogP contribution is -1.90. The molecule has 2 nitrogen and oxygen atoms in total. The Bertz CT molecular complexity index is 2700. The first kappa shape index (κ1) is 23.7. The fourth-order valence-electron chi connectivity index (χ4n) is 7.33. The molecular weight excluding hydrogens is 536 g/mol. The third kappa shape index (κ3) is 3.20. The van der Waals surface area contributed by atoms with E-state index in [2.05, 4.69) is 133 Å². The number of hydrogen-bond donors (Lipinski definition) is 0. The summed E-state index contributed by atoms with van der Waals surface area (Å²) in [6.45, 7) is 0. The summed E-state index contributed by atoms with van der Waals surface area (Å²) in [6.07, 6.45) is 0. The molecule has 0 fully saturated rings. The summed E-state index contributed by atoms with van der Waals surface area (Å²) in [7, 11) is 0. The zero-order chi connectivity index (χ0) is 28.8. The lowest BCUT2D eigenvalue weighted by Gasteiger charge is -2.17. The van der Waals surface area contributed by atoms with E-state index in [9.17, 15) is 0 Å². The van der Waals surface area contributed by atoms with Crippen molar-refractivity contribution in [2.75, 3.05) is 0 Å². The van der Waals surface area contributed by atoms with Crippen LogP contribution in [0, 0.1) is 0 Å². The molecule has 8 aromatic carbocycles.